The molecule has 0 aliphatic heterocycles. The first-order valence-corrected chi connectivity index (χ1v) is 6.76. The minimum absolute atomic E-state index is 0.0124. The molecule has 1 aromatic heterocycles. The summed E-state index contributed by atoms with van der Waals surface area (Å²) in [4.78, 5) is 15.6. The molecule has 1 heterocycles. The molecule has 6 nitrogen and oxygen atoms in total. The molecule has 0 amide bonds. The van der Waals surface area contributed by atoms with E-state index in [9.17, 15) is 9.90 Å². The SMILES string of the molecule is CC[C@H](N)COc1cccc2nc(C)c(C(=O)O)c(N)c12. The molecular formula is C15H19N3O3. The maximum absolute atomic E-state index is 11.3. The lowest BCUT2D eigenvalue weighted by Crippen LogP contribution is -2.26. The molecule has 0 saturated carbocycles. The molecule has 6 heteroatoms. The third-order valence-electron chi connectivity index (χ3n) is 3.38. The van der Waals surface area contributed by atoms with Gasteiger partial charge in [-0.1, -0.05) is 13.0 Å². The summed E-state index contributed by atoms with van der Waals surface area (Å²) in [5.41, 5.74) is 13.0. The van der Waals surface area contributed by atoms with E-state index in [1.54, 1.807) is 25.1 Å². The van der Waals surface area contributed by atoms with Crippen LogP contribution in [0.15, 0.2) is 18.2 Å². The number of hydrogen-bond acceptors (Lipinski definition) is 5. The number of ether oxygens (including phenoxy) is 1. The quantitative estimate of drug-likeness (QED) is 0.775. The molecular weight excluding hydrogens is 270 g/mol. The van der Waals surface area contributed by atoms with Crippen LogP contribution in [0.4, 0.5) is 5.69 Å². The lowest BCUT2D eigenvalue weighted by molar-refractivity contribution is 0.0697. The number of anilines is 1. The smallest absolute Gasteiger partial charge is 0.339 e. The van der Waals surface area contributed by atoms with Crippen LogP contribution < -0.4 is 16.2 Å². The third-order valence-corrected chi connectivity index (χ3v) is 3.38. The van der Waals surface area contributed by atoms with E-state index < -0.39 is 5.97 Å². The molecule has 0 bridgehead atoms. The number of carboxylic acid groups (broad SMARTS) is 1. The fourth-order valence-electron chi connectivity index (χ4n) is 2.14. The summed E-state index contributed by atoms with van der Waals surface area (Å²) < 4.78 is 5.69. The number of nitrogens with zero attached hydrogens (tertiary/aromatic N) is 1. The molecule has 1 atom stereocenters. The molecule has 0 spiro atoms. The van der Waals surface area contributed by atoms with Gasteiger partial charge in [0, 0.05) is 6.04 Å². The maximum Gasteiger partial charge on any atom is 0.339 e. The Morgan fingerprint density at radius 2 is 2.19 bits per heavy atom. The van der Waals surface area contributed by atoms with E-state index in [4.69, 9.17) is 16.2 Å². The molecule has 0 saturated heterocycles. The number of aromatic carboxylic acids is 1. The number of benzene rings is 1. The standard InChI is InChI=1S/C15H19N3O3/c1-3-9(16)7-21-11-6-4-5-10-13(11)14(17)12(15(19)20)8(2)18-10/h4-6,9H,3,7,16H2,1-2H3,(H2,17,18)(H,19,20)/t9-/m0/s1. The minimum atomic E-state index is -1.10. The van der Waals surface area contributed by atoms with Crippen LogP contribution in [-0.4, -0.2) is 28.7 Å². The van der Waals surface area contributed by atoms with Crippen molar-refractivity contribution >= 4 is 22.6 Å². The molecule has 0 unspecified atom stereocenters. The Labute approximate surface area is 122 Å². The normalized spacial score (nSPS) is 12.3. The average molecular weight is 289 g/mol. The summed E-state index contributed by atoms with van der Waals surface area (Å²) in [6, 6.07) is 5.22. The topological polar surface area (TPSA) is 111 Å². The summed E-state index contributed by atoms with van der Waals surface area (Å²) in [6.07, 6.45) is 0.790. The van der Waals surface area contributed by atoms with E-state index in [2.05, 4.69) is 4.98 Å². The monoisotopic (exact) mass is 289 g/mol. The summed E-state index contributed by atoms with van der Waals surface area (Å²) in [7, 11) is 0. The van der Waals surface area contributed by atoms with Crippen LogP contribution in [-0.2, 0) is 0 Å². The molecule has 5 N–H and O–H groups in total. The molecule has 0 radical (unpaired) electrons. The number of aryl methyl sites for hydroxylation is 1. The highest BCUT2D eigenvalue weighted by Crippen LogP contribution is 2.33. The van der Waals surface area contributed by atoms with E-state index in [-0.39, 0.29) is 17.3 Å². The molecule has 21 heavy (non-hydrogen) atoms. The van der Waals surface area contributed by atoms with Gasteiger partial charge in [0.1, 0.15) is 17.9 Å². The largest absolute Gasteiger partial charge is 0.491 e. The van der Waals surface area contributed by atoms with Gasteiger partial charge in [0.2, 0.25) is 0 Å². The fraction of sp³-hybridized carbons (Fsp3) is 0.333. The number of carbonyl (C=O) groups is 1. The third kappa shape index (κ3) is 2.90. The molecule has 1 aromatic carbocycles. The Bertz CT molecular complexity index is 685. The van der Waals surface area contributed by atoms with Crippen LogP contribution in [0.25, 0.3) is 10.9 Å². The second-order valence-corrected chi connectivity index (χ2v) is 4.92. The van der Waals surface area contributed by atoms with Crippen LogP contribution in [0.3, 0.4) is 0 Å². The molecule has 2 rings (SSSR count). The zero-order valence-electron chi connectivity index (χ0n) is 12.1. The van der Waals surface area contributed by atoms with Gasteiger partial charge in [0.25, 0.3) is 0 Å². The zero-order chi connectivity index (χ0) is 15.6. The lowest BCUT2D eigenvalue weighted by Gasteiger charge is -2.15. The maximum atomic E-state index is 11.3. The lowest BCUT2D eigenvalue weighted by atomic mass is 10.1. The van der Waals surface area contributed by atoms with Gasteiger partial charge in [0.05, 0.1) is 22.3 Å². The zero-order valence-corrected chi connectivity index (χ0v) is 12.1. The van der Waals surface area contributed by atoms with Crippen molar-refractivity contribution in [3.63, 3.8) is 0 Å². The Balaban J connectivity index is 2.57. The molecule has 2 aromatic rings. The first-order chi connectivity index (χ1) is 9.95. The van der Waals surface area contributed by atoms with Crippen molar-refractivity contribution in [3.05, 3.63) is 29.5 Å². The summed E-state index contributed by atoms with van der Waals surface area (Å²) in [5, 5.41) is 9.79. The van der Waals surface area contributed by atoms with Crippen molar-refractivity contribution in [1.29, 1.82) is 0 Å². The van der Waals surface area contributed by atoms with Gasteiger partial charge in [-0.15, -0.1) is 0 Å². The van der Waals surface area contributed by atoms with E-state index >= 15 is 0 Å². The fourth-order valence-corrected chi connectivity index (χ4v) is 2.14. The predicted molar refractivity (Wildman–Crippen MR) is 81.6 cm³/mol. The highest BCUT2D eigenvalue weighted by Gasteiger charge is 2.19. The Hall–Kier alpha value is -2.34. The summed E-state index contributed by atoms with van der Waals surface area (Å²) in [5.74, 6) is -0.594. The van der Waals surface area contributed by atoms with Crippen molar-refractivity contribution in [3.8, 4) is 5.75 Å². The highest BCUT2D eigenvalue weighted by molar-refractivity contribution is 6.06. The number of nitrogens with two attached hydrogens (primary N) is 2. The minimum Gasteiger partial charge on any atom is -0.491 e. The second kappa shape index (κ2) is 5.97. The molecule has 0 fully saturated rings. The van der Waals surface area contributed by atoms with Gasteiger partial charge in [-0.05, 0) is 25.5 Å². The number of pyridine rings is 1. The van der Waals surface area contributed by atoms with Crippen molar-refractivity contribution in [2.24, 2.45) is 5.73 Å². The second-order valence-electron chi connectivity index (χ2n) is 4.92. The number of rotatable bonds is 5. The molecule has 112 valence electrons. The van der Waals surface area contributed by atoms with E-state index in [1.807, 2.05) is 6.92 Å². The number of carboxylic acids is 1. The van der Waals surface area contributed by atoms with Crippen LogP contribution in [0.2, 0.25) is 0 Å². The van der Waals surface area contributed by atoms with Gasteiger partial charge in [0.15, 0.2) is 0 Å². The highest BCUT2D eigenvalue weighted by atomic mass is 16.5. The van der Waals surface area contributed by atoms with Crippen LogP contribution in [0, 0.1) is 6.92 Å². The van der Waals surface area contributed by atoms with Crippen molar-refractivity contribution in [2.45, 2.75) is 26.3 Å². The van der Waals surface area contributed by atoms with Gasteiger partial charge in [-0.25, -0.2) is 4.79 Å². The van der Waals surface area contributed by atoms with E-state index in [1.165, 1.54) is 0 Å². The van der Waals surface area contributed by atoms with E-state index in [0.29, 0.717) is 29.0 Å². The van der Waals surface area contributed by atoms with Crippen LogP contribution in [0.5, 0.6) is 5.75 Å². The Morgan fingerprint density at radius 3 is 2.81 bits per heavy atom. The van der Waals surface area contributed by atoms with Crippen molar-refractivity contribution < 1.29 is 14.6 Å². The molecule has 0 aliphatic rings. The van der Waals surface area contributed by atoms with Gasteiger partial charge in [-0.3, -0.25) is 4.98 Å². The van der Waals surface area contributed by atoms with Gasteiger partial charge in [-0.2, -0.15) is 0 Å². The molecule has 0 aliphatic carbocycles. The first kappa shape index (κ1) is 15.1. The number of fused-ring (bicyclic) bond motifs is 1. The van der Waals surface area contributed by atoms with Gasteiger partial charge < -0.3 is 21.3 Å². The van der Waals surface area contributed by atoms with E-state index in [0.717, 1.165) is 6.42 Å². The average Bonchev–Trinajstić information content (AvgIpc) is 2.43. The van der Waals surface area contributed by atoms with Crippen LogP contribution >= 0.6 is 0 Å². The van der Waals surface area contributed by atoms with Gasteiger partial charge >= 0.3 is 5.97 Å². The van der Waals surface area contributed by atoms with Crippen LogP contribution in [0.1, 0.15) is 29.4 Å². The number of nitrogen functional groups attached to an aromatic ring is 1. The van der Waals surface area contributed by atoms with Crippen molar-refractivity contribution in [1.82, 2.24) is 4.98 Å². The number of aromatic nitrogens is 1. The summed E-state index contributed by atoms with van der Waals surface area (Å²) in [6.45, 7) is 3.93. The summed E-state index contributed by atoms with van der Waals surface area (Å²) >= 11 is 0. The first-order valence-electron chi connectivity index (χ1n) is 6.76. The van der Waals surface area contributed by atoms with Crippen molar-refractivity contribution in [2.75, 3.05) is 12.3 Å². The predicted octanol–water partition coefficient (Wildman–Crippen LogP) is 1.94. The Morgan fingerprint density at radius 1 is 1.48 bits per heavy atom. The number of hydrogen-bond donors (Lipinski definition) is 3. The Kier molecular flexibility index (Phi) is 4.28.